The molecule has 2 fully saturated rings. The molecule has 0 saturated carbocycles. The highest BCUT2D eigenvalue weighted by Gasteiger charge is 2.35. The topological polar surface area (TPSA) is 58.1 Å². The summed E-state index contributed by atoms with van der Waals surface area (Å²) < 4.78 is 24.6. The van der Waals surface area contributed by atoms with Crippen molar-refractivity contribution in [1.29, 1.82) is 0 Å². The van der Waals surface area contributed by atoms with Crippen LogP contribution in [0.2, 0.25) is 0 Å². The molecule has 30 heavy (non-hydrogen) atoms. The summed E-state index contributed by atoms with van der Waals surface area (Å²) in [5, 5.41) is 7.07. The molecule has 1 aromatic rings. The van der Waals surface area contributed by atoms with E-state index >= 15 is 0 Å². The van der Waals surface area contributed by atoms with Gasteiger partial charge in [-0.1, -0.05) is 26.0 Å². The summed E-state index contributed by atoms with van der Waals surface area (Å²) in [5.41, 5.74) is 1.08. The number of nitrogens with one attached hydrogen (secondary N) is 2. The number of nitrogens with zero attached hydrogens (tertiary/aromatic N) is 2. The molecule has 6 nitrogen and oxygen atoms in total. The Morgan fingerprint density at radius 3 is 2.30 bits per heavy atom. The van der Waals surface area contributed by atoms with Crippen LogP contribution in [0.15, 0.2) is 29.3 Å². The Labute approximate surface area is 180 Å². The quantitative estimate of drug-likeness (QED) is 0.524. The van der Waals surface area contributed by atoms with Gasteiger partial charge in [-0.05, 0) is 36.5 Å². The molecule has 0 bridgehead atoms. The third-order valence-electron chi connectivity index (χ3n) is 6.49. The number of morpholine rings is 1. The maximum absolute atomic E-state index is 13.5. The van der Waals surface area contributed by atoms with Crippen molar-refractivity contribution < 1.29 is 13.9 Å². The van der Waals surface area contributed by atoms with E-state index in [0.29, 0.717) is 12.0 Å². The van der Waals surface area contributed by atoms with Crippen LogP contribution in [-0.4, -0.2) is 76.6 Å². The molecule has 1 aromatic carbocycles. The number of hydrogen-bond donors (Lipinski definition) is 2. The minimum absolute atomic E-state index is 0.0781. The van der Waals surface area contributed by atoms with Gasteiger partial charge in [0.25, 0.3) is 0 Å². The van der Waals surface area contributed by atoms with E-state index < -0.39 is 0 Å². The van der Waals surface area contributed by atoms with Crippen LogP contribution in [0.5, 0.6) is 0 Å². The van der Waals surface area contributed by atoms with Crippen LogP contribution >= 0.6 is 0 Å². The zero-order valence-corrected chi connectivity index (χ0v) is 18.6. The summed E-state index contributed by atoms with van der Waals surface area (Å²) in [6.45, 7) is 11.1. The smallest absolute Gasteiger partial charge is 0.191 e. The van der Waals surface area contributed by atoms with Gasteiger partial charge in [0, 0.05) is 57.9 Å². The van der Waals surface area contributed by atoms with Crippen molar-refractivity contribution in [2.45, 2.75) is 38.1 Å². The fraction of sp³-hybridized carbons (Fsp3) is 0.696. The lowest BCUT2D eigenvalue weighted by Crippen LogP contribution is -2.54. The third-order valence-corrected chi connectivity index (χ3v) is 6.49. The molecule has 0 radical (unpaired) electrons. The van der Waals surface area contributed by atoms with Crippen molar-refractivity contribution in [3.8, 4) is 0 Å². The lowest BCUT2D eigenvalue weighted by Gasteiger charge is -2.39. The molecule has 3 rings (SSSR count). The third kappa shape index (κ3) is 5.93. The SMILES string of the molecule is CN=C(NCC(C(C)C)N1CCOCC1)NCC1(c2ccc(F)cc2)CCOCC1. The van der Waals surface area contributed by atoms with Crippen molar-refractivity contribution in [3.63, 3.8) is 0 Å². The first-order chi connectivity index (χ1) is 14.5. The summed E-state index contributed by atoms with van der Waals surface area (Å²) in [7, 11) is 1.81. The molecule has 2 saturated heterocycles. The number of ether oxygens (including phenoxy) is 2. The molecule has 1 unspecified atom stereocenters. The minimum Gasteiger partial charge on any atom is -0.381 e. The van der Waals surface area contributed by atoms with Crippen LogP contribution in [0.4, 0.5) is 4.39 Å². The molecule has 0 spiro atoms. The Bertz CT molecular complexity index is 668. The van der Waals surface area contributed by atoms with E-state index in [1.165, 1.54) is 0 Å². The number of guanidine groups is 1. The van der Waals surface area contributed by atoms with E-state index in [9.17, 15) is 4.39 Å². The van der Waals surface area contributed by atoms with Gasteiger partial charge in [-0.3, -0.25) is 9.89 Å². The molecule has 0 amide bonds. The fourth-order valence-electron chi connectivity index (χ4n) is 4.50. The molecular weight excluding hydrogens is 383 g/mol. The van der Waals surface area contributed by atoms with Gasteiger partial charge < -0.3 is 20.1 Å². The van der Waals surface area contributed by atoms with Crippen molar-refractivity contribution in [2.75, 3.05) is 59.7 Å². The van der Waals surface area contributed by atoms with Crippen LogP contribution in [-0.2, 0) is 14.9 Å². The summed E-state index contributed by atoms with van der Waals surface area (Å²) in [6.07, 6.45) is 1.82. The van der Waals surface area contributed by atoms with Gasteiger partial charge in [0.2, 0.25) is 0 Å². The lowest BCUT2D eigenvalue weighted by molar-refractivity contribution is 0.00750. The van der Waals surface area contributed by atoms with Gasteiger partial charge >= 0.3 is 0 Å². The van der Waals surface area contributed by atoms with E-state index in [1.807, 2.05) is 19.2 Å². The molecule has 0 aliphatic carbocycles. The average molecular weight is 421 g/mol. The van der Waals surface area contributed by atoms with E-state index in [-0.39, 0.29) is 11.2 Å². The fourth-order valence-corrected chi connectivity index (χ4v) is 4.50. The molecule has 0 aromatic heterocycles. The van der Waals surface area contributed by atoms with Crippen LogP contribution in [0.25, 0.3) is 0 Å². The largest absolute Gasteiger partial charge is 0.381 e. The molecule has 168 valence electrons. The van der Waals surface area contributed by atoms with Crippen molar-refractivity contribution in [3.05, 3.63) is 35.6 Å². The first-order valence-electron chi connectivity index (χ1n) is 11.1. The van der Waals surface area contributed by atoms with E-state index in [0.717, 1.165) is 77.0 Å². The predicted molar refractivity (Wildman–Crippen MR) is 119 cm³/mol. The van der Waals surface area contributed by atoms with Gasteiger partial charge in [0.15, 0.2) is 5.96 Å². The van der Waals surface area contributed by atoms with Gasteiger partial charge in [-0.25, -0.2) is 4.39 Å². The zero-order valence-electron chi connectivity index (χ0n) is 18.6. The molecule has 2 heterocycles. The van der Waals surface area contributed by atoms with Crippen molar-refractivity contribution in [1.82, 2.24) is 15.5 Å². The Morgan fingerprint density at radius 1 is 1.07 bits per heavy atom. The number of benzene rings is 1. The average Bonchev–Trinajstić information content (AvgIpc) is 2.77. The van der Waals surface area contributed by atoms with Crippen LogP contribution in [0.3, 0.4) is 0 Å². The highest BCUT2D eigenvalue weighted by Crippen LogP contribution is 2.34. The number of hydrogen-bond acceptors (Lipinski definition) is 4. The molecular formula is C23H37FN4O2. The van der Waals surface area contributed by atoms with Gasteiger partial charge in [0.05, 0.1) is 13.2 Å². The van der Waals surface area contributed by atoms with Gasteiger partial charge in [-0.15, -0.1) is 0 Å². The first kappa shape index (κ1) is 23.0. The summed E-state index contributed by atoms with van der Waals surface area (Å²) in [5.74, 6) is 1.14. The summed E-state index contributed by atoms with van der Waals surface area (Å²) >= 11 is 0. The normalized spacial score (nSPS) is 21.4. The molecule has 7 heteroatoms. The second-order valence-electron chi connectivity index (χ2n) is 8.67. The Morgan fingerprint density at radius 2 is 1.70 bits per heavy atom. The summed E-state index contributed by atoms with van der Waals surface area (Å²) in [4.78, 5) is 6.95. The Balaban J connectivity index is 1.61. The second-order valence-corrected chi connectivity index (χ2v) is 8.67. The Kier molecular flexibility index (Phi) is 8.48. The second kappa shape index (κ2) is 11.1. The maximum Gasteiger partial charge on any atom is 0.191 e. The molecule has 2 aliphatic heterocycles. The molecule has 2 aliphatic rings. The lowest BCUT2D eigenvalue weighted by atomic mass is 9.74. The molecule has 1 atom stereocenters. The van der Waals surface area contributed by atoms with Crippen LogP contribution < -0.4 is 10.6 Å². The Hall–Kier alpha value is -1.70. The number of aliphatic imine (C=N–C) groups is 1. The standard InChI is InChI=1S/C23H37FN4O2/c1-18(2)21(28-10-14-30-15-11-28)16-26-22(25-3)27-17-23(8-12-29-13-9-23)19-4-6-20(24)7-5-19/h4-7,18,21H,8-17H2,1-3H3,(H2,25,26,27). The monoisotopic (exact) mass is 420 g/mol. The molecule has 2 N–H and O–H groups in total. The van der Waals surface area contributed by atoms with Gasteiger partial charge in [0.1, 0.15) is 5.82 Å². The predicted octanol–water partition coefficient (Wildman–Crippen LogP) is 2.40. The highest BCUT2D eigenvalue weighted by atomic mass is 19.1. The number of halogens is 1. The van der Waals surface area contributed by atoms with Crippen LogP contribution in [0.1, 0.15) is 32.3 Å². The van der Waals surface area contributed by atoms with E-state index in [1.54, 1.807) is 12.1 Å². The van der Waals surface area contributed by atoms with Gasteiger partial charge in [-0.2, -0.15) is 0 Å². The zero-order chi connectivity index (χ0) is 21.4. The van der Waals surface area contributed by atoms with Crippen molar-refractivity contribution >= 4 is 5.96 Å². The summed E-state index contributed by atoms with van der Waals surface area (Å²) in [6, 6.07) is 7.35. The first-order valence-corrected chi connectivity index (χ1v) is 11.1. The highest BCUT2D eigenvalue weighted by molar-refractivity contribution is 5.79. The van der Waals surface area contributed by atoms with Crippen LogP contribution in [0, 0.1) is 11.7 Å². The number of rotatable bonds is 7. The minimum atomic E-state index is -0.200. The maximum atomic E-state index is 13.5. The van der Waals surface area contributed by atoms with E-state index in [2.05, 4.69) is 34.4 Å². The van der Waals surface area contributed by atoms with Crippen molar-refractivity contribution in [2.24, 2.45) is 10.9 Å². The van der Waals surface area contributed by atoms with E-state index in [4.69, 9.17) is 9.47 Å².